The van der Waals surface area contributed by atoms with E-state index >= 15 is 0 Å². The Hall–Kier alpha value is -4.53. The molecule has 0 fully saturated rings. The standard InChI is InChI=1S/C22H15N3O6/c1-31-16-11-7-14(8-12-16)23-20(26)13-5-9-15(10-6-13)24-21(27)17-3-2-4-18(25(29)30)19(17)22(24)28/h2-12H,1H3,(H,23,26). The summed E-state index contributed by atoms with van der Waals surface area (Å²) in [5.41, 5.74) is 0.402. The average molecular weight is 417 g/mol. The molecule has 3 amide bonds. The van der Waals surface area contributed by atoms with Crippen molar-refractivity contribution >= 4 is 34.8 Å². The van der Waals surface area contributed by atoms with Crippen molar-refractivity contribution < 1.29 is 24.0 Å². The van der Waals surface area contributed by atoms with E-state index < -0.39 is 22.4 Å². The van der Waals surface area contributed by atoms with Gasteiger partial charge >= 0.3 is 0 Å². The first-order valence-electron chi connectivity index (χ1n) is 9.12. The second kappa shape index (κ2) is 7.71. The maximum Gasteiger partial charge on any atom is 0.283 e. The third-order valence-electron chi connectivity index (χ3n) is 4.83. The number of rotatable bonds is 5. The topological polar surface area (TPSA) is 119 Å². The van der Waals surface area contributed by atoms with Crippen molar-refractivity contribution in [1.29, 1.82) is 0 Å². The van der Waals surface area contributed by atoms with Gasteiger partial charge < -0.3 is 10.1 Å². The normalized spacial score (nSPS) is 12.5. The molecule has 1 N–H and O–H groups in total. The number of hydrogen-bond acceptors (Lipinski definition) is 6. The highest BCUT2D eigenvalue weighted by atomic mass is 16.6. The zero-order valence-corrected chi connectivity index (χ0v) is 16.2. The molecular weight excluding hydrogens is 402 g/mol. The van der Waals surface area contributed by atoms with E-state index in [0.717, 1.165) is 4.90 Å². The van der Waals surface area contributed by atoms with Gasteiger partial charge in [0, 0.05) is 17.3 Å². The van der Waals surface area contributed by atoms with Crippen LogP contribution in [0.5, 0.6) is 5.75 Å². The van der Waals surface area contributed by atoms with Crippen LogP contribution in [0.1, 0.15) is 31.1 Å². The van der Waals surface area contributed by atoms with Crippen molar-refractivity contribution in [3.8, 4) is 5.75 Å². The molecule has 0 saturated heterocycles. The molecule has 3 aromatic carbocycles. The Morgan fingerprint density at radius 1 is 0.968 bits per heavy atom. The van der Waals surface area contributed by atoms with E-state index in [2.05, 4.69) is 5.32 Å². The summed E-state index contributed by atoms with van der Waals surface area (Å²) in [6.45, 7) is 0. The Bertz CT molecular complexity index is 1220. The molecule has 0 radical (unpaired) electrons. The van der Waals surface area contributed by atoms with Gasteiger partial charge in [-0.3, -0.25) is 24.5 Å². The van der Waals surface area contributed by atoms with Crippen molar-refractivity contribution in [2.45, 2.75) is 0 Å². The summed E-state index contributed by atoms with van der Waals surface area (Å²) in [6, 6.07) is 16.5. The van der Waals surface area contributed by atoms with E-state index in [-0.39, 0.29) is 22.7 Å². The fourth-order valence-corrected chi connectivity index (χ4v) is 3.29. The van der Waals surface area contributed by atoms with E-state index in [1.807, 2.05) is 0 Å². The van der Waals surface area contributed by atoms with Crippen LogP contribution in [0.2, 0.25) is 0 Å². The molecule has 0 aliphatic carbocycles. The second-order valence-electron chi connectivity index (χ2n) is 6.63. The van der Waals surface area contributed by atoms with Gasteiger partial charge in [0.1, 0.15) is 11.3 Å². The molecule has 9 heteroatoms. The molecule has 0 bridgehead atoms. The second-order valence-corrected chi connectivity index (χ2v) is 6.63. The minimum Gasteiger partial charge on any atom is -0.497 e. The summed E-state index contributed by atoms with van der Waals surface area (Å²) < 4.78 is 5.07. The van der Waals surface area contributed by atoms with Gasteiger partial charge in [0.15, 0.2) is 0 Å². The summed E-state index contributed by atoms with van der Waals surface area (Å²) in [7, 11) is 1.54. The van der Waals surface area contributed by atoms with Gasteiger partial charge in [-0.15, -0.1) is 0 Å². The molecule has 1 aliphatic rings. The quantitative estimate of drug-likeness (QED) is 0.384. The van der Waals surface area contributed by atoms with Crippen LogP contribution in [0.3, 0.4) is 0 Å². The highest BCUT2D eigenvalue weighted by molar-refractivity contribution is 6.35. The number of carbonyl (C=O) groups is 3. The predicted octanol–water partition coefficient (Wildman–Crippen LogP) is 3.66. The maximum absolute atomic E-state index is 12.8. The van der Waals surface area contributed by atoms with Crippen molar-refractivity contribution in [2.75, 3.05) is 17.3 Å². The first-order valence-corrected chi connectivity index (χ1v) is 9.12. The van der Waals surface area contributed by atoms with Crippen LogP contribution in [0.15, 0.2) is 66.7 Å². The number of hydrogen-bond donors (Lipinski definition) is 1. The Kier molecular flexibility index (Phi) is 4.92. The number of amides is 3. The van der Waals surface area contributed by atoms with Crippen LogP contribution >= 0.6 is 0 Å². The summed E-state index contributed by atoms with van der Waals surface area (Å²) in [5.74, 6) is -1.15. The molecule has 154 valence electrons. The van der Waals surface area contributed by atoms with Crippen molar-refractivity contribution in [2.24, 2.45) is 0 Å². The predicted molar refractivity (Wildman–Crippen MR) is 112 cm³/mol. The summed E-state index contributed by atoms with van der Waals surface area (Å²) in [4.78, 5) is 49.3. The lowest BCUT2D eigenvalue weighted by Gasteiger charge is -2.14. The van der Waals surface area contributed by atoms with E-state index in [9.17, 15) is 24.5 Å². The number of carbonyl (C=O) groups excluding carboxylic acids is 3. The first kappa shape index (κ1) is 19.8. The maximum atomic E-state index is 12.8. The first-order chi connectivity index (χ1) is 14.9. The van der Waals surface area contributed by atoms with E-state index in [1.54, 1.807) is 31.4 Å². The number of nitrogens with zero attached hydrogens (tertiary/aromatic N) is 2. The number of ether oxygens (including phenoxy) is 1. The molecular formula is C22H15N3O6. The number of methoxy groups -OCH3 is 1. The summed E-state index contributed by atoms with van der Waals surface area (Å²) in [6.07, 6.45) is 0. The minimum absolute atomic E-state index is 0.0273. The van der Waals surface area contributed by atoms with E-state index in [1.165, 1.54) is 42.5 Å². The van der Waals surface area contributed by atoms with E-state index in [4.69, 9.17) is 4.74 Å². The van der Waals surface area contributed by atoms with Crippen molar-refractivity contribution in [1.82, 2.24) is 0 Å². The molecule has 1 heterocycles. The van der Waals surface area contributed by atoms with Gasteiger partial charge in [-0.2, -0.15) is 0 Å². The van der Waals surface area contributed by atoms with Gasteiger partial charge in [-0.1, -0.05) is 6.07 Å². The number of fused-ring (bicyclic) bond motifs is 1. The summed E-state index contributed by atoms with van der Waals surface area (Å²) >= 11 is 0. The van der Waals surface area contributed by atoms with Crippen LogP contribution in [0, 0.1) is 10.1 Å². The molecule has 31 heavy (non-hydrogen) atoms. The zero-order chi connectivity index (χ0) is 22.1. The van der Waals surface area contributed by atoms with E-state index in [0.29, 0.717) is 17.0 Å². The molecule has 1 aliphatic heterocycles. The molecule has 0 spiro atoms. The number of nitro groups is 1. The largest absolute Gasteiger partial charge is 0.497 e. The van der Waals surface area contributed by atoms with Crippen LogP contribution < -0.4 is 15.0 Å². The fraction of sp³-hybridized carbons (Fsp3) is 0.0455. The Labute approximate surface area is 176 Å². The SMILES string of the molecule is COc1ccc(NC(=O)c2ccc(N3C(=O)c4cccc([N+](=O)[O-])c4C3=O)cc2)cc1. The number of anilines is 2. The lowest BCUT2D eigenvalue weighted by molar-refractivity contribution is -0.385. The number of imide groups is 1. The monoisotopic (exact) mass is 417 g/mol. The highest BCUT2D eigenvalue weighted by Crippen LogP contribution is 2.33. The fourth-order valence-electron chi connectivity index (χ4n) is 3.29. The smallest absolute Gasteiger partial charge is 0.283 e. The van der Waals surface area contributed by atoms with Gasteiger partial charge in [0.25, 0.3) is 23.4 Å². The van der Waals surface area contributed by atoms with Gasteiger partial charge in [0.05, 0.1) is 23.3 Å². The van der Waals surface area contributed by atoms with Crippen molar-refractivity contribution in [3.63, 3.8) is 0 Å². The third-order valence-corrected chi connectivity index (χ3v) is 4.83. The van der Waals surface area contributed by atoms with Gasteiger partial charge in [-0.25, -0.2) is 4.90 Å². The summed E-state index contributed by atoms with van der Waals surface area (Å²) in [5, 5.41) is 14.0. The van der Waals surface area contributed by atoms with Crippen molar-refractivity contribution in [3.05, 3.63) is 93.5 Å². The Morgan fingerprint density at radius 3 is 2.26 bits per heavy atom. The molecule has 9 nitrogen and oxygen atoms in total. The third kappa shape index (κ3) is 3.48. The van der Waals surface area contributed by atoms with Crippen LogP contribution in [0.25, 0.3) is 0 Å². The molecule has 0 saturated carbocycles. The minimum atomic E-state index is -0.775. The average Bonchev–Trinajstić information content (AvgIpc) is 3.04. The molecule has 0 atom stereocenters. The lowest BCUT2D eigenvalue weighted by Crippen LogP contribution is -2.29. The Morgan fingerprint density at radius 2 is 1.65 bits per heavy atom. The van der Waals surface area contributed by atoms with Gasteiger partial charge in [0.2, 0.25) is 0 Å². The molecule has 0 unspecified atom stereocenters. The molecule has 4 rings (SSSR count). The van der Waals surface area contributed by atoms with Gasteiger partial charge in [-0.05, 0) is 54.6 Å². The number of nitrogens with one attached hydrogen (secondary N) is 1. The number of nitro benzene ring substituents is 1. The zero-order valence-electron chi connectivity index (χ0n) is 16.2. The molecule has 0 aromatic heterocycles. The van der Waals surface area contributed by atoms with Crippen LogP contribution in [0.4, 0.5) is 17.1 Å². The lowest BCUT2D eigenvalue weighted by atomic mass is 10.1. The molecule has 3 aromatic rings. The number of benzene rings is 3. The van der Waals surface area contributed by atoms with Crippen LogP contribution in [-0.4, -0.2) is 29.8 Å². The van der Waals surface area contributed by atoms with Crippen LogP contribution in [-0.2, 0) is 0 Å². The Balaban J connectivity index is 1.56. The highest BCUT2D eigenvalue weighted by Gasteiger charge is 2.41.